The molecule has 2 aliphatic heterocycles. The summed E-state index contributed by atoms with van der Waals surface area (Å²) < 4.78 is 0. The zero-order valence-electron chi connectivity index (χ0n) is 20.1. The summed E-state index contributed by atoms with van der Waals surface area (Å²) in [6.07, 6.45) is 7.35. The van der Waals surface area contributed by atoms with Gasteiger partial charge in [0, 0.05) is 69.7 Å². The standard InChI is InChI=1S/C27H36N4O2/c1-20(2)15-27(33)29-18-23-8-4-5-9-26(23)30(21(3)32)14-12-24-10-11-25(19-29)31(24)17-22-7-6-13-28-16-22/h4-9,13,16,20,24-25H,10-12,14-15,17-19H2,1-3H3. The molecule has 2 amide bonds. The SMILES string of the molecule is CC(=O)N1CCC2CCC(CN(C(=O)CC(C)C)Cc3ccccc31)N2Cc1cccnc1. The van der Waals surface area contributed by atoms with Gasteiger partial charge in [-0.1, -0.05) is 38.1 Å². The van der Waals surface area contributed by atoms with Crippen molar-refractivity contribution in [2.45, 2.75) is 71.6 Å². The maximum atomic E-state index is 13.3. The Bertz CT molecular complexity index is 962. The van der Waals surface area contributed by atoms with Crippen LogP contribution in [0.3, 0.4) is 0 Å². The Kier molecular flexibility index (Phi) is 7.43. The molecule has 0 saturated carbocycles. The zero-order chi connectivity index (χ0) is 23.4. The number of nitrogens with zero attached hydrogens (tertiary/aromatic N) is 4. The Morgan fingerprint density at radius 3 is 2.58 bits per heavy atom. The van der Waals surface area contributed by atoms with Crippen LogP contribution in [-0.2, 0) is 22.7 Å². The van der Waals surface area contributed by atoms with E-state index in [0.717, 1.165) is 43.6 Å². The second kappa shape index (κ2) is 10.5. The minimum absolute atomic E-state index is 0.0510. The fraction of sp³-hybridized carbons (Fsp3) is 0.519. The molecule has 6 heteroatoms. The predicted octanol–water partition coefficient (Wildman–Crippen LogP) is 4.25. The maximum Gasteiger partial charge on any atom is 0.223 e. The third-order valence-corrected chi connectivity index (χ3v) is 6.94. The van der Waals surface area contributed by atoms with Crippen molar-refractivity contribution in [2.24, 2.45) is 5.92 Å². The van der Waals surface area contributed by atoms with E-state index in [0.29, 0.717) is 37.5 Å². The summed E-state index contributed by atoms with van der Waals surface area (Å²) in [6, 6.07) is 12.9. The first-order chi connectivity index (χ1) is 15.9. The number of carbonyl (C=O) groups excluding carboxylic acids is 2. The summed E-state index contributed by atoms with van der Waals surface area (Å²) in [7, 11) is 0. The van der Waals surface area contributed by atoms with E-state index in [2.05, 4.69) is 35.9 Å². The van der Waals surface area contributed by atoms with Gasteiger partial charge in [-0.3, -0.25) is 19.5 Å². The van der Waals surface area contributed by atoms with Gasteiger partial charge in [0.1, 0.15) is 0 Å². The van der Waals surface area contributed by atoms with E-state index in [-0.39, 0.29) is 11.8 Å². The summed E-state index contributed by atoms with van der Waals surface area (Å²) in [5.41, 5.74) is 3.17. The van der Waals surface area contributed by atoms with Gasteiger partial charge in [-0.2, -0.15) is 0 Å². The molecule has 1 aromatic heterocycles. The number of amides is 2. The average molecular weight is 449 g/mol. The Balaban J connectivity index is 1.70. The molecule has 0 radical (unpaired) electrons. The number of hydrogen-bond acceptors (Lipinski definition) is 4. The third kappa shape index (κ3) is 5.61. The molecule has 2 atom stereocenters. The van der Waals surface area contributed by atoms with Gasteiger partial charge in [0.25, 0.3) is 0 Å². The molecule has 1 fully saturated rings. The molecule has 0 spiro atoms. The smallest absolute Gasteiger partial charge is 0.223 e. The first-order valence-corrected chi connectivity index (χ1v) is 12.2. The molecular formula is C27H36N4O2. The van der Waals surface area contributed by atoms with Gasteiger partial charge in [-0.25, -0.2) is 0 Å². The monoisotopic (exact) mass is 448 g/mol. The molecule has 176 valence electrons. The Labute approximate surface area is 197 Å². The molecule has 0 aliphatic carbocycles. The Morgan fingerprint density at radius 2 is 1.85 bits per heavy atom. The third-order valence-electron chi connectivity index (χ3n) is 6.94. The molecule has 0 N–H and O–H groups in total. The van der Waals surface area contributed by atoms with Crippen molar-refractivity contribution in [2.75, 3.05) is 18.0 Å². The van der Waals surface area contributed by atoms with Gasteiger partial charge in [0.15, 0.2) is 0 Å². The lowest BCUT2D eigenvalue weighted by molar-refractivity contribution is -0.133. The minimum atomic E-state index is 0.0510. The van der Waals surface area contributed by atoms with E-state index < -0.39 is 0 Å². The van der Waals surface area contributed by atoms with Gasteiger partial charge < -0.3 is 9.80 Å². The van der Waals surface area contributed by atoms with E-state index in [1.54, 1.807) is 13.1 Å². The second-order valence-corrected chi connectivity index (χ2v) is 9.88. The fourth-order valence-electron chi connectivity index (χ4n) is 5.31. The highest BCUT2D eigenvalue weighted by atomic mass is 16.2. The molecule has 1 saturated heterocycles. The van der Waals surface area contributed by atoms with Crippen molar-refractivity contribution >= 4 is 17.5 Å². The van der Waals surface area contributed by atoms with Crippen molar-refractivity contribution < 1.29 is 9.59 Å². The van der Waals surface area contributed by atoms with E-state index in [4.69, 9.17) is 0 Å². The number of para-hydroxylation sites is 1. The maximum absolute atomic E-state index is 13.3. The number of hydrogen-bond donors (Lipinski definition) is 0. The van der Waals surface area contributed by atoms with Crippen LogP contribution in [0.25, 0.3) is 0 Å². The molecule has 2 bridgehead atoms. The largest absolute Gasteiger partial charge is 0.337 e. The van der Waals surface area contributed by atoms with Gasteiger partial charge in [-0.15, -0.1) is 0 Å². The molecule has 33 heavy (non-hydrogen) atoms. The Morgan fingerprint density at radius 1 is 1.06 bits per heavy atom. The first kappa shape index (κ1) is 23.4. The van der Waals surface area contributed by atoms with Crippen LogP contribution in [0.15, 0.2) is 48.8 Å². The number of carbonyl (C=O) groups is 2. The lowest BCUT2D eigenvalue weighted by atomic mass is 10.1. The summed E-state index contributed by atoms with van der Waals surface area (Å²) in [5, 5.41) is 0. The van der Waals surface area contributed by atoms with Crippen molar-refractivity contribution in [3.05, 3.63) is 59.9 Å². The molecule has 2 aromatic rings. The van der Waals surface area contributed by atoms with Crippen LogP contribution in [0.5, 0.6) is 0 Å². The molecule has 2 unspecified atom stereocenters. The van der Waals surface area contributed by atoms with Crippen LogP contribution in [0.4, 0.5) is 5.69 Å². The second-order valence-electron chi connectivity index (χ2n) is 9.88. The van der Waals surface area contributed by atoms with Crippen LogP contribution in [0, 0.1) is 5.92 Å². The predicted molar refractivity (Wildman–Crippen MR) is 131 cm³/mol. The van der Waals surface area contributed by atoms with Gasteiger partial charge in [-0.05, 0) is 48.4 Å². The van der Waals surface area contributed by atoms with Crippen LogP contribution < -0.4 is 4.90 Å². The molecular weight excluding hydrogens is 412 g/mol. The number of anilines is 1. The quantitative estimate of drug-likeness (QED) is 0.702. The first-order valence-electron chi connectivity index (χ1n) is 12.2. The lowest BCUT2D eigenvalue weighted by Crippen LogP contribution is -2.45. The molecule has 4 rings (SSSR count). The summed E-state index contributed by atoms with van der Waals surface area (Å²) >= 11 is 0. The number of pyridine rings is 1. The summed E-state index contributed by atoms with van der Waals surface area (Å²) in [5.74, 6) is 0.552. The number of rotatable bonds is 4. The van der Waals surface area contributed by atoms with E-state index in [1.807, 2.05) is 40.3 Å². The van der Waals surface area contributed by atoms with E-state index in [1.165, 1.54) is 5.56 Å². The fourth-order valence-corrected chi connectivity index (χ4v) is 5.31. The minimum Gasteiger partial charge on any atom is -0.337 e. The van der Waals surface area contributed by atoms with Crippen molar-refractivity contribution in [3.8, 4) is 0 Å². The highest BCUT2D eigenvalue weighted by molar-refractivity contribution is 5.92. The zero-order valence-corrected chi connectivity index (χ0v) is 20.1. The van der Waals surface area contributed by atoms with Gasteiger partial charge in [0.2, 0.25) is 11.8 Å². The van der Waals surface area contributed by atoms with Gasteiger partial charge in [0.05, 0.1) is 0 Å². The topological polar surface area (TPSA) is 56.8 Å². The highest BCUT2D eigenvalue weighted by Crippen LogP contribution is 2.32. The molecule has 6 nitrogen and oxygen atoms in total. The summed E-state index contributed by atoms with van der Waals surface area (Å²) in [4.78, 5) is 36.8. The summed E-state index contributed by atoms with van der Waals surface area (Å²) in [6.45, 7) is 8.59. The van der Waals surface area contributed by atoms with Crippen molar-refractivity contribution in [1.82, 2.24) is 14.8 Å². The van der Waals surface area contributed by atoms with Crippen molar-refractivity contribution in [3.63, 3.8) is 0 Å². The van der Waals surface area contributed by atoms with E-state index in [9.17, 15) is 9.59 Å². The van der Waals surface area contributed by atoms with E-state index >= 15 is 0 Å². The van der Waals surface area contributed by atoms with Crippen molar-refractivity contribution in [1.29, 1.82) is 0 Å². The molecule has 2 aliphatic rings. The van der Waals surface area contributed by atoms with Crippen LogP contribution in [0.1, 0.15) is 57.6 Å². The average Bonchev–Trinajstić information content (AvgIpc) is 3.14. The molecule has 3 heterocycles. The lowest BCUT2D eigenvalue weighted by Gasteiger charge is -2.34. The Hall–Kier alpha value is -2.73. The highest BCUT2D eigenvalue weighted by Gasteiger charge is 2.36. The number of fused-ring (bicyclic) bond motifs is 3. The van der Waals surface area contributed by atoms with Gasteiger partial charge >= 0.3 is 0 Å². The van der Waals surface area contributed by atoms with Crippen LogP contribution in [-0.4, -0.2) is 51.8 Å². The van der Waals surface area contributed by atoms with Crippen LogP contribution >= 0.6 is 0 Å². The molecule has 1 aromatic carbocycles. The van der Waals surface area contributed by atoms with Crippen LogP contribution in [0.2, 0.25) is 0 Å². The number of benzene rings is 1. The number of aromatic nitrogens is 1. The normalized spacial score (nSPS) is 21.6.